The Hall–Kier alpha value is -1.90. The van der Waals surface area contributed by atoms with Crippen LogP contribution in [-0.2, 0) is 9.59 Å². The van der Waals surface area contributed by atoms with Crippen LogP contribution in [0.2, 0.25) is 0 Å². The van der Waals surface area contributed by atoms with Crippen LogP contribution in [0.25, 0.3) is 0 Å². The minimum atomic E-state index is -0.150. The van der Waals surface area contributed by atoms with Crippen LogP contribution in [0.15, 0.2) is 36.4 Å². The number of imide groups is 1. The lowest BCUT2D eigenvalue weighted by molar-refractivity contribution is -0.122. The van der Waals surface area contributed by atoms with Crippen LogP contribution in [-0.4, -0.2) is 11.8 Å². The topological polar surface area (TPSA) is 37.4 Å². The molecule has 1 aromatic rings. The molecule has 1 fully saturated rings. The average molecular weight is 241 g/mol. The smallest absolute Gasteiger partial charge is 0.238 e. The second-order valence-corrected chi connectivity index (χ2v) is 5.01. The number of allylic oxidation sites excluding steroid dienone is 2. The van der Waals surface area contributed by atoms with Gasteiger partial charge in [-0.2, -0.15) is 0 Å². The van der Waals surface area contributed by atoms with E-state index < -0.39 is 0 Å². The Morgan fingerprint density at radius 2 is 1.67 bits per heavy atom. The molecule has 1 saturated heterocycles. The van der Waals surface area contributed by atoms with E-state index in [1.165, 1.54) is 4.90 Å². The number of hydrogen-bond donors (Lipinski definition) is 0. The van der Waals surface area contributed by atoms with Gasteiger partial charge in [-0.05, 0) is 37.5 Å². The van der Waals surface area contributed by atoms with E-state index in [1.807, 2.05) is 43.3 Å². The van der Waals surface area contributed by atoms with Crippen LogP contribution in [0.5, 0.6) is 0 Å². The quantitative estimate of drug-likeness (QED) is 0.559. The molecule has 1 aliphatic heterocycles. The van der Waals surface area contributed by atoms with E-state index in [2.05, 4.69) is 0 Å². The number of nitrogens with zero attached hydrogens (tertiary/aromatic N) is 1. The molecular formula is C15H15NO2. The first kappa shape index (κ1) is 11.2. The summed E-state index contributed by atoms with van der Waals surface area (Å²) < 4.78 is 0. The van der Waals surface area contributed by atoms with Gasteiger partial charge in [0.1, 0.15) is 0 Å². The molecule has 18 heavy (non-hydrogen) atoms. The van der Waals surface area contributed by atoms with Gasteiger partial charge in [0.2, 0.25) is 11.8 Å². The van der Waals surface area contributed by atoms with Gasteiger partial charge in [0.25, 0.3) is 0 Å². The summed E-state index contributed by atoms with van der Waals surface area (Å²) in [5.41, 5.74) is 1.76. The van der Waals surface area contributed by atoms with Gasteiger partial charge >= 0.3 is 0 Å². The van der Waals surface area contributed by atoms with Gasteiger partial charge < -0.3 is 0 Å². The molecule has 2 aliphatic rings. The van der Waals surface area contributed by atoms with Gasteiger partial charge in [-0.25, -0.2) is 0 Å². The standard InChI is InChI=1S/C15H15NO2/c1-10-5-4-6-11(9-10)16-14(17)12-7-2-3-8-13(12)15(16)18/h2-6,9,12-13H,7-8H2,1H3/t12-,13-/m1/s1. The number of carbonyl (C=O) groups is 2. The Morgan fingerprint density at radius 1 is 1.06 bits per heavy atom. The van der Waals surface area contributed by atoms with Gasteiger partial charge in [0.05, 0.1) is 17.5 Å². The van der Waals surface area contributed by atoms with Crippen molar-refractivity contribution in [3.05, 3.63) is 42.0 Å². The number of fused-ring (bicyclic) bond motifs is 1. The van der Waals surface area contributed by atoms with Crippen molar-refractivity contribution in [2.45, 2.75) is 19.8 Å². The number of aryl methyl sites for hydroxylation is 1. The first-order chi connectivity index (χ1) is 8.68. The molecule has 0 spiro atoms. The molecule has 3 nitrogen and oxygen atoms in total. The summed E-state index contributed by atoms with van der Waals surface area (Å²) in [5.74, 6) is -0.383. The van der Waals surface area contributed by atoms with E-state index in [9.17, 15) is 9.59 Å². The Balaban J connectivity index is 1.99. The average Bonchev–Trinajstić information content (AvgIpc) is 2.63. The lowest BCUT2D eigenvalue weighted by Gasteiger charge is -2.15. The Bertz CT molecular complexity index is 521. The van der Waals surface area contributed by atoms with Crippen LogP contribution in [0.4, 0.5) is 5.69 Å². The third-order valence-corrected chi connectivity index (χ3v) is 3.77. The maximum absolute atomic E-state index is 12.3. The highest BCUT2D eigenvalue weighted by Crippen LogP contribution is 2.37. The fourth-order valence-electron chi connectivity index (χ4n) is 2.82. The van der Waals surface area contributed by atoms with Gasteiger partial charge in [0.15, 0.2) is 0 Å². The van der Waals surface area contributed by atoms with Crippen molar-refractivity contribution in [1.82, 2.24) is 0 Å². The molecule has 2 amide bonds. The fraction of sp³-hybridized carbons (Fsp3) is 0.333. The highest BCUT2D eigenvalue weighted by Gasteiger charge is 2.47. The minimum Gasteiger partial charge on any atom is -0.274 e. The van der Waals surface area contributed by atoms with E-state index in [1.54, 1.807) is 0 Å². The van der Waals surface area contributed by atoms with E-state index in [0.717, 1.165) is 5.56 Å². The third-order valence-electron chi connectivity index (χ3n) is 3.77. The molecule has 3 rings (SSSR count). The lowest BCUT2D eigenvalue weighted by Crippen LogP contribution is -2.30. The second-order valence-electron chi connectivity index (χ2n) is 5.01. The van der Waals surface area contributed by atoms with Crippen LogP contribution < -0.4 is 4.90 Å². The maximum atomic E-state index is 12.3. The fourth-order valence-corrected chi connectivity index (χ4v) is 2.82. The molecule has 0 bridgehead atoms. The van der Waals surface area contributed by atoms with Crippen molar-refractivity contribution >= 4 is 17.5 Å². The first-order valence-electron chi connectivity index (χ1n) is 6.28. The number of amides is 2. The first-order valence-corrected chi connectivity index (χ1v) is 6.28. The van der Waals surface area contributed by atoms with Crippen molar-refractivity contribution in [2.24, 2.45) is 11.8 Å². The van der Waals surface area contributed by atoms with Crippen molar-refractivity contribution in [1.29, 1.82) is 0 Å². The van der Waals surface area contributed by atoms with E-state index in [0.29, 0.717) is 18.5 Å². The van der Waals surface area contributed by atoms with Crippen molar-refractivity contribution in [3.63, 3.8) is 0 Å². The molecule has 2 atom stereocenters. The monoisotopic (exact) mass is 241 g/mol. The van der Waals surface area contributed by atoms with Gasteiger partial charge in [0, 0.05) is 0 Å². The molecule has 0 unspecified atom stereocenters. The molecule has 1 heterocycles. The molecule has 0 saturated carbocycles. The zero-order valence-corrected chi connectivity index (χ0v) is 10.3. The maximum Gasteiger partial charge on any atom is 0.238 e. The summed E-state index contributed by atoms with van der Waals surface area (Å²) in [4.78, 5) is 26.0. The molecule has 92 valence electrons. The largest absolute Gasteiger partial charge is 0.274 e. The summed E-state index contributed by atoms with van der Waals surface area (Å²) in [6.07, 6.45) is 5.40. The SMILES string of the molecule is Cc1cccc(N2C(=O)[C@@H]3CC=CC[C@H]3C2=O)c1. The second kappa shape index (κ2) is 4.09. The predicted molar refractivity (Wildman–Crippen MR) is 69.0 cm³/mol. The molecule has 1 aromatic carbocycles. The summed E-state index contributed by atoms with van der Waals surface area (Å²) in [6.45, 7) is 1.96. The van der Waals surface area contributed by atoms with E-state index in [4.69, 9.17) is 0 Å². The molecule has 3 heteroatoms. The zero-order valence-electron chi connectivity index (χ0n) is 10.3. The summed E-state index contributed by atoms with van der Waals surface area (Å²) in [5, 5.41) is 0. The highest BCUT2D eigenvalue weighted by molar-refractivity contribution is 6.22. The molecular weight excluding hydrogens is 226 g/mol. The number of anilines is 1. The van der Waals surface area contributed by atoms with Crippen LogP contribution >= 0.6 is 0 Å². The van der Waals surface area contributed by atoms with Gasteiger partial charge in [-0.3, -0.25) is 14.5 Å². The summed E-state index contributed by atoms with van der Waals surface area (Å²) in [7, 11) is 0. The Kier molecular flexibility index (Phi) is 2.54. The Labute approximate surface area is 106 Å². The number of benzene rings is 1. The number of rotatable bonds is 1. The van der Waals surface area contributed by atoms with Crippen LogP contribution in [0.1, 0.15) is 18.4 Å². The number of hydrogen-bond acceptors (Lipinski definition) is 2. The molecule has 1 aliphatic carbocycles. The Morgan fingerprint density at radius 3 is 2.22 bits per heavy atom. The summed E-state index contributed by atoms with van der Waals surface area (Å²) in [6, 6.07) is 7.56. The minimum absolute atomic E-state index is 0.0417. The summed E-state index contributed by atoms with van der Waals surface area (Å²) >= 11 is 0. The van der Waals surface area contributed by atoms with Crippen molar-refractivity contribution in [3.8, 4) is 0 Å². The molecule has 0 N–H and O–H groups in total. The van der Waals surface area contributed by atoms with Crippen molar-refractivity contribution in [2.75, 3.05) is 4.90 Å². The molecule has 0 aromatic heterocycles. The normalized spacial score (nSPS) is 26.6. The van der Waals surface area contributed by atoms with Crippen LogP contribution in [0, 0.1) is 18.8 Å². The van der Waals surface area contributed by atoms with E-state index >= 15 is 0 Å². The van der Waals surface area contributed by atoms with Gasteiger partial charge in [-0.1, -0.05) is 24.3 Å². The van der Waals surface area contributed by atoms with Gasteiger partial charge in [-0.15, -0.1) is 0 Å². The predicted octanol–water partition coefficient (Wildman–Crippen LogP) is 2.45. The van der Waals surface area contributed by atoms with E-state index in [-0.39, 0.29) is 23.7 Å². The van der Waals surface area contributed by atoms with Crippen LogP contribution in [0.3, 0.4) is 0 Å². The number of carbonyl (C=O) groups excluding carboxylic acids is 2. The molecule has 0 radical (unpaired) electrons. The lowest BCUT2D eigenvalue weighted by atomic mass is 9.85. The zero-order chi connectivity index (χ0) is 12.7. The third kappa shape index (κ3) is 1.58. The highest BCUT2D eigenvalue weighted by atomic mass is 16.2. The van der Waals surface area contributed by atoms with Crippen molar-refractivity contribution < 1.29 is 9.59 Å².